The minimum Gasteiger partial charge on any atom is -0.478 e. The molecule has 6 heteroatoms. The topological polar surface area (TPSA) is 82.8 Å². The van der Waals surface area contributed by atoms with Crippen LogP contribution in [0.3, 0.4) is 0 Å². The Morgan fingerprint density at radius 1 is 1.29 bits per heavy atom. The summed E-state index contributed by atoms with van der Waals surface area (Å²) in [5.41, 5.74) is 0.868. The largest absolute Gasteiger partial charge is 0.478 e. The molecule has 2 aromatic rings. The summed E-state index contributed by atoms with van der Waals surface area (Å²) in [7, 11) is 1.65. The molecule has 0 spiro atoms. The first kappa shape index (κ1) is 14.6. The fraction of sp³-hybridized carbons (Fsp3) is 0.200. The Balaban J connectivity index is 1.98. The summed E-state index contributed by atoms with van der Waals surface area (Å²) in [6.07, 6.45) is 0. The molecule has 0 radical (unpaired) electrons. The van der Waals surface area contributed by atoms with Crippen LogP contribution in [0.5, 0.6) is 0 Å². The molecular formula is C15H16N2O4. The number of para-hydroxylation sites is 1. The Kier molecular flexibility index (Phi) is 4.27. The molecule has 0 unspecified atom stereocenters. The normalized spacial score (nSPS) is 10.2. The molecule has 0 saturated carbocycles. The molecule has 21 heavy (non-hydrogen) atoms. The minimum atomic E-state index is -1.05. The number of nitrogens with zero attached hydrogens (tertiary/aromatic N) is 1. The SMILES string of the molecule is Cc1oc(CNC(=O)N(C)c2ccccc2)cc1C(=O)O. The zero-order valence-corrected chi connectivity index (χ0v) is 11.8. The Hall–Kier alpha value is -2.76. The first-order valence-electron chi connectivity index (χ1n) is 6.38. The van der Waals surface area contributed by atoms with Gasteiger partial charge in [0.15, 0.2) is 0 Å². The van der Waals surface area contributed by atoms with Crippen LogP contribution in [0, 0.1) is 6.92 Å². The van der Waals surface area contributed by atoms with E-state index in [1.54, 1.807) is 14.0 Å². The van der Waals surface area contributed by atoms with Crippen LogP contribution in [0.1, 0.15) is 21.9 Å². The van der Waals surface area contributed by atoms with Crippen molar-refractivity contribution in [2.45, 2.75) is 13.5 Å². The van der Waals surface area contributed by atoms with E-state index in [0.29, 0.717) is 11.5 Å². The number of rotatable bonds is 4. The molecule has 1 aromatic carbocycles. The van der Waals surface area contributed by atoms with Crippen LogP contribution in [0.2, 0.25) is 0 Å². The summed E-state index contributed by atoms with van der Waals surface area (Å²) in [5, 5.41) is 11.6. The van der Waals surface area contributed by atoms with Crippen molar-refractivity contribution in [1.29, 1.82) is 0 Å². The van der Waals surface area contributed by atoms with Crippen molar-refractivity contribution in [2.24, 2.45) is 0 Å². The number of urea groups is 1. The van der Waals surface area contributed by atoms with Gasteiger partial charge in [-0.05, 0) is 25.1 Å². The number of anilines is 1. The highest BCUT2D eigenvalue weighted by molar-refractivity contribution is 5.91. The number of nitrogens with one attached hydrogen (secondary N) is 1. The van der Waals surface area contributed by atoms with E-state index < -0.39 is 5.97 Å². The number of hydrogen-bond acceptors (Lipinski definition) is 3. The Morgan fingerprint density at radius 3 is 2.52 bits per heavy atom. The van der Waals surface area contributed by atoms with Gasteiger partial charge in [-0.3, -0.25) is 4.90 Å². The minimum absolute atomic E-state index is 0.107. The second-order valence-electron chi connectivity index (χ2n) is 4.54. The molecule has 0 aliphatic heterocycles. The molecule has 0 aliphatic carbocycles. The van der Waals surface area contributed by atoms with Gasteiger partial charge in [0.1, 0.15) is 17.1 Å². The highest BCUT2D eigenvalue weighted by Gasteiger charge is 2.15. The van der Waals surface area contributed by atoms with Gasteiger partial charge in [0.2, 0.25) is 0 Å². The van der Waals surface area contributed by atoms with Crippen LogP contribution in [0.4, 0.5) is 10.5 Å². The number of furan rings is 1. The van der Waals surface area contributed by atoms with E-state index in [1.807, 2.05) is 30.3 Å². The maximum atomic E-state index is 12.0. The number of benzene rings is 1. The molecule has 0 fully saturated rings. The zero-order chi connectivity index (χ0) is 15.4. The fourth-order valence-electron chi connectivity index (χ4n) is 1.89. The van der Waals surface area contributed by atoms with Gasteiger partial charge in [-0.15, -0.1) is 0 Å². The molecule has 0 bridgehead atoms. The Morgan fingerprint density at radius 2 is 1.95 bits per heavy atom. The summed E-state index contributed by atoms with van der Waals surface area (Å²) in [4.78, 5) is 24.4. The summed E-state index contributed by atoms with van der Waals surface area (Å²) in [6, 6.07) is 10.3. The fourth-order valence-corrected chi connectivity index (χ4v) is 1.89. The third-order valence-electron chi connectivity index (χ3n) is 3.06. The molecule has 2 amide bonds. The second kappa shape index (κ2) is 6.13. The predicted molar refractivity (Wildman–Crippen MR) is 77.5 cm³/mol. The number of aryl methyl sites for hydroxylation is 1. The van der Waals surface area contributed by atoms with Crippen LogP contribution >= 0.6 is 0 Å². The van der Waals surface area contributed by atoms with Crippen LogP contribution in [0.15, 0.2) is 40.8 Å². The van der Waals surface area contributed by atoms with E-state index in [0.717, 1.165) is 5.69 Å². The first-order valence-corrected chi connectivity index (χ1v) is 6.38. The van der Waals surface area contributed by atoms with E-state index in [1.165, 1.54) is 11.0 Å². The van der Waals surface area contributed by atoms with Gasteiger partial charge in [-0.25, -0.2) is 9.59 Å². The lowest BCUT2D eigenvalue weighted by Crippen LogP contribution is -2.36. The van der Waals surface area contributed by atoms with Crippen molar-refractivity contribution in [3.05, 3.63) is 53.5 Å². The third kappa shape index (κ3) is 3.42. The predicted octanol–water partition coefficient (Wildman–Crippen LogP) is 2.63. The lowest BCUT2D eigenvalue weighted by Gasteiger charge is -2.17. The Labute approximate surface area is 122 Å². The summed E-state index contributed by atoms with van der Waals surface area (Å²) < 4.78 is 5.30. The van der Waals surface area contributed by atoms with Gasteiger partial charge in [-0.2, -0.15) is 0 Å². The van der Waals surface area contributed by atoms with Gasteiger partial charge >= 0.3 is 12.0 Å². The molecule has 1 heterocycles. The van der Waals surface area contributed by atoms with Crippen LogP contribution < -0.4 is 10.2 Å². The summed E-state index contributed by atoms with van der Waals surface area (Å²) in [6.45, 7) is 1.70. The van der Waals surface area contributed by atoms with Crippen molar-refractivity contribution in [3.8, 4) is 0 Å². The van der Waals surface area contributed by atoms with E-state index in [4.69, 9.17) is 9.52 Å². The molecule has 0 aliphatic rings. The molecule has 1 aromatic heterocycles. The van der Waals surface area contributed by atoms with E-state index in [-0.39, 0.29) is 18.1 Å². The molecule has 0 saturated heterocycles. The average Bonchev–Trinajstić information content (AvgIpc) is 2.86. The van der Waals surface area contributed by atoms with Gasteiger partial charge in [0, 0.05) is 12.7 Å². The number of carboxylic acid groups (broad SMARTS) is 1. The van der Waals surface area contributed by atoms with Crippen LogP contribution in [-0.4, -0.2) is 24.2 Å². The molecule has 2 rings (SSSR count). The van der Waals surface area contributed by atoms with E-state index >= 15 is 0 Å². The van der Waals surface area contributed by atoms with Gasteiger partial charge in [0.05, 0.1) is 6.54 Å². The number of carboxylic acids is 1. The van der Waals surface area contributed by atoms with Crippen LogP contribution in [0.25, 0.3) is 0 Å². The number of amides is 2. The zero-order valence-electron chi connectivity index (χ0n) is 11.8. The standard InChI is InChI=1S/C15H16N2O4/c1-10-13(14(18)19)8-12(21-10)9-16-15(20)17(2)11-6-4-3-5-7-11/h3-8H,9H2,1-2H3,(H,16,20)(H,18,19). The lowest BCUT2D eigenvalue weighted by atomic mass is 10.2. The lowest BCUT2D eigenvalue weighted by molar-refractivity contribution is 0.0695. The molecular weight excluding hydrogens is 272 g/mol. The molecule has 6 nitrogen and oxygen atoms in total. The van der Waals surface area contributed by atoms with Crippen molar-refractivity contribution >= 4 is 17.7 Å². The number of carbonyl (C=O) groups is 2. The summed E-state index contributed by atoms with van der Waals surface area (Å²) >= 11 is 0. The van der Waals surface area contributed by atoms with Crippen LogP contribution in [-0.2, 0) is 6.54 Å². The number of carbonyl (C=O) groups excluding carboxylic acids is 1. The highest BCUT2D eigenvalue weighted by Crippen LogP contribution is 2.15. The van der Waals surface area contributed by atoms with Gasteiger partial charge in [0.25, 0.3) is 0 Å². The second-order valence-corrected chi connectivity index (χ2v) is 4.54. The maximum absolute atomic E-state index is 12.0. The molecule has 0 atom stereocenters. The molecule has 2 N–H and O–H groups in total. The molecule has 110 valence electrons. The van der Waals surface area contributed by atoms with Gasteiger partial charge in [-0.1, -0.05) is 18.2 Å². The first-order chi connectivity index (χ1) is 9.99. The smallest absolute Gasteiger partial charge is 0.339 e. The number of hydrogen-bond donors (Lipinski definition) is 2. The third-order valence-corrected chi connectivity index (χ3v) is 3.06. The van der Waals surface area contributed by atoms with Crippen molar-refractivity contribution in [1.82, 2.24) is 5.32 Å². The van der Waals surface area contributed by atoms with Crippen molar-refractivity contribution < 1.29 is 19.1 Å². The van der Waals surface area contributed by atoms with E-state index in [2.05, 4.69) is 5.32 Å². The maximum Gasteiger partial charge on any atom is 0.339 e. The monoisotopic (exact) mass is 288 g/mol. The Bertz CT molecular complexity index is 649. The van der Waals surface area contributed by atoms with Gasteiger partial charge < -0.3 is 14.8 Å². The van der Waals surface area contributed by atoms with Crippen molar-refractivity contribution in [2.75, 3.05) is 11.9 Å². The summed E-state index contributed by atoms with van der Waals surface area (Å²) in [5.74, 6) is -0.321. The average molecular weight is 288 g/mol. The van der Waals surface area contributed by atoms with E-state index in [9.17, 15) is 9.59 Å². The van der Waals surface area contributed by atoms with Crippen molar-refractivity contribution in [3.63, 3.8) is 0 Å². The quantitative estimate of drug-likeness (QED) is 0.906. The number of aromatic carboxylic acids is 1. The highest BCUT2D eigenvalue weighted by atomic mass is 16.4.